The number of pyridine rings is 1. The number of halogens is 1. The summed E-state index contributed by atoms with van der Waals surface area (Å²) in [4.78, 5) is 18.2. The molecule has 1 aliphatic rings. The Morgan fingerprint density at radius 3 is 3.11 bits per heavy atom. The number of carbonyl (C=O) groups excluding carboxylic acids is 1. The van der Waals surface area contributed by atoms with Gasteiger partial charge in [0.25, 0.3) is 5.91 Å². The zero-order valence-electron chi connectivity index (χ0n) is 11.4. The molecule has 1 aromatic heterocycles. The van der Waals surface area contributed by atoms with Gasteiger partial charge in [-0.1, -0.05) is 6.92 Å². The lowest BCUT2D eigenvalue weighted by Gasteiger charge is -2.31. The van der Waals surface area contributed by atoms with Crippen molar-refractivity contribution in [2.24, 2.45) is 5.92 Å². The maximum atomic E-state index is 13.3. The van der Waals surface area contributed by atoms with Crippen LogP contribution in [0.1, 0.15) is 37.0 Å². The van der Waals surface area contributed by atoms with Crippen LogP contribution in [0.2, 0.25) is 0 Å². The fourth-order valence-corrected chi connectivity index (χ4v) is 2.45. The molecule has 0 aliphatic carbocycles. The highest BCUT2D eigenvalue weighted by Gasteiger charge is 2.24. The first-order valence-corrected chi connectivity index (χ1v) is 6.80. The van der Waals surface area contributed by atoms with Gasteiger partial charge in [0.2, 0.25) is 0 Å². The number of aromatic nitrogens is 1. The molecule has 0 bridgehead atoms. The monoisotopic (exact) mass is 265 g/mol. The summed E-state index contributed by atoms with van der Waals surface area (Å²) in [6, 6.07) is 1.27. The third-order valence-electron chi connectivity index (χ3n) is 3.37. The highest BCUT2D eigenvalue weighted by molar-refractivity contribution is 5.98. The zero-order chi connectivity index (χ0) is 13.8. The standard InChI is InChI=1S/C14H20FN3O/c1-3-16-13-12(7-11(15)8-17-13)14(19)18-6-4-5-10(2)9-18/h7-8,10H,3-6,9H2,1-2H3,(H,16,17). The molecule has 0 saturated carbocycles. The molecule has 2 rings (SSSR count). The van der Waals surface area contributed by atoms with E-state index in [2.05, 4.69) is 17.2 Å². The van der Waals surface area contributed by atoms with Gasteiger partial charge in [-0.15, -0.1) is 0 Å². The summed E-state index contributed by atoms with van der Waals surface area (Å²) in [6.45, 7) is 6.18. The summed E-state index contributed by atoms with van der Waals surface area (Å²) in [5.41, 5.74) is 0.330. The van der Waals surface area contributed by atoms with Gasteiger partial charge in [0, 0.05) is 19.6 Å². The largest absolute Gasteiger partial charge is 0.370 e. The fraction of sp³-hybridized carbons (Fsp3) is 0.571. The van der Waals surface area contributed by atoms with Crippen LogP contribution in [0.5, 0.6) is 0 Å². The molecule has 5 heteroatoms. The maximum Gasteiger partial charge on any atom is 0.257 e. The molecule has 1 N–H and O–H groups in total. The topological polar surface area (TPSA) is 45.2 Å². The van der Waals surface area contributed by atoms with Crippen LogP contribution in [0.25, 0.3) is 0 Å². The van der Waals surface area contributed by atoms with E-state index in [9.17, 15) is 9.18 Å². The van der Waals surface area contributed by atoms with Gasteiger partial charge in [-0.25, -0.2) is 9.37 Å². The predicted molar refractivity (Wildman–Crippen MR) is 72.7 cm³/mol. The summed E-state index contributed by atoms with van der Waals surface area (Å²) < 4.78 is 13.3. The number of hydrogen-bond acceptors (Lipinski definition) is 3. The lowest BCUT2D eigenvalue weighted by atomic mass is 9.99. The van der Waals surface area contributed by atoms with E-state index in [0.717, 1.165) is 32.1 Å². The lowest BCUT2D eigenvalue weighted by molar-refractivity contribution is 0.0683. The second kappa shape index (κ2) is 5.99. The molecule has 1 fully saturated rings. The van der Waals surface area contributed by atoms with Crippen molar-refractivity contribution in [3.63, 3.8) is 0 Å². The molecule has 1 aromatic rings. The van der Waals surface area contributed by atoms with E-state index in [1.807, 2.05) is 6.92 Å². The van der Waals surface area contributed by atoms with Crippen molar-refractivity contribution < 1.29 is 9.18 Å². The van der Waals surface area contributed by atoms with Crippen molar-refractivity contribution in [3.8, 4) is 0 Å². The first-order chi connectivity index (χ1) is 9.11. The Labute approximate surface area is 113 Å². The minimum Gasteiger partial charge on any atom is -0.370 e. The van der Waals surface area contributed by atoms with Crippen LogP contribution in [0, 0.1) is 11.7 Å². The molecule has 1 atom stereocenters. The molecule has 1 saturated heterocycles. The van der Waals surface area contributed by atoms with Crippen LogP contribution in [0.3, 0.4) is 0 Å². The Morgan fingerprint density at radius 2 is 2.42 bits per heavy atom. The smallest absolute Gasteiger partial charge is 0.257 e. The van der Waals surface area contributed by atoms with Gasteiger partial charge in [-0.3, -0.25) is 4.79 Å². The number of amides is 1. The van der Waals surface area contributed by atoms with Gasteiger partial charge in [0.05, 0.1) is 11.8 Å². The summed E-state index contributed by atoms with van der Waals surface area (Å²) in [5, 5.41) is 3.01. The average Bonchev–Trinajstić information content (AvgIpc) is 2.40. The normalized spacial score (nSPS) is 19.3. The predicted octanol–water partition coefficient (Wildman–Crippen LogP) is 2.52. The second-order valence-corrected chi connectivity index (χ2v) is 5.08. The van der Waals surface area contributed by atoms with Crippen molar-refractivity contribution in [3.05, 3.63) is 23.6 Å². The second-order valence-electron chi connectivity index (χ2n) is 5.08. The molecule has 1 amide bonds. The molecule has 0 spiro atoms. The Balaban J connectivity index is 2.24. The van der Waals surface area contributed by atoms with Crippen LogP contribution in [0.15, 0.2) is 12.3 Å². The molecule has 19 heavy (non-hydrogen) atoms. The summed E-state index contributed by atoms with van der Waals surface area (Å²) in [6.07, 6.45) is 3.28. The molecule has 104 valence electrons. The quantitative estimate of drug-likeness (QED) is 0.913. The number of anilines is 1. The molecule has 1 aliphatic heterocycles. The Kier molecular flexibility index (Phi) is 4.35. The number of rotatable bonds is 3. The van der Waals surface area contributed by atoms with Crippen molar-refractivity contribution in [2.45, 2.75) is 26.7 Å². The molecular formula is C14H20FN3O. The first-order valence-electron chi connectivity index (χ1n) is 6.80. The first kappa shape index (κ1) is 13.8. The zero-order valence-corrected chi connectivity index (χ0v) is 11.4. The van der Waals surface area contributed by atoms with E-state index in [1.54, 1.807) is 4.90 Å². The molecule has 2 heterocycles. The van der Waals surface area contributed by atoms with Gasteiger partial charge >= 0.3 is 0 Å². The summed E-state index contributed by atoms with van der Waals surface area (Å²) in [7, 11) is 0. The minimum absolute atomic E-state index is 0.130. The fourth-order valence-electron chi connectivity index (χ4n) is 2.45. The number of carbonyl (C=O) groups is 1. The molecule has 1 unspecified atom stereocenters. The average molecular weight is 265 g/mol. The number of nitrogens with zero attached hydrogens (tertiary/aromatic N) is 2. The number of hydrogen-bond donors (Lipinski definition) is 1. The Bertz CT molecular complexity index is 464. The van der Waals surface area contributed by atoms with E-state index in [-0.39, 0.29) is 5.91 Å². The third kappa shape index (κ3) is 3.22. The van der Waals surface area contributed by atoms with Gasteiger partial charge in [0.1, 0.15) is 11.6 Å². The molecule has 4 nitrogen and oxygen atoms in total. The Morgan fingerprint density at radius 1 is 1.63 bits per heavy atom. The van der Waals surface area contributed by atoms with Gasteiger partial charge in [0.15, 0.2) is 0 Å². The third-order valence-corrected chi connectivity index (χ3v) is 3.37. The van der Waals surface area contributed by atoms with Crippen molar-refractivity contribution in [2.75, 3.05) is 25.0 Å². The molecular weight excluding hydrogens is 245 g/mol. The molecule has 0 radical (unpaired) electrons. The molecule has 0 aromatic carbocycles. The van der Waals surface area contributed by atoms with E-state index in [4.69, 9.17) is 0 Å². The minimum atomic E-state index is -0.477. The van der Waals surface area contributed by atoms with Crippen LogP contribution >= 0.6 is 0 Å². The number of nitrogens with one attached hydrogen (secondary N) is 1. The van der Waals surface area contributed by atoms with Crippen LogP contribution in [0.4, 0.5) is 10.2 Å². The van der Waals surface area contributed by atoms with Crippen LogP contribution in [-0.4, -0.2) is 35.4 Å². The van der Waals surface area contributed by atoms with Crippen LogP contribution < -0.4 is 5.32 Å². The highest BCUT2D eigenvalue weighted by Crippen LogP contribution is 2.21. The van der Waals surface area contributed by atoms with Gasteiger partial charge in [-0.2, -0.15) is 0 Å². The van der Waals surface area contributed by atoms with E-state index in [0.29, 0.717) is 23.8 Å². The van der Waals surface area contributed by atoms with E-state index in [1.165, 1.54) is 6.07 Å². The maximum absolute atomic E-state index is 13.3. The number of likely N-dealkylation sites (tertiary alicyclic amines) is 1. The lowest BCUT2D eigenvalue weighted by Crippen LogP contribution is -2.39. The van der Waals surface area contributed by atoms with Crippen molar-refractivity contribution in [1.82, 2.24) is 9.88 Å². The van der Waals surface area contributed by atoms with Gasteiger partial charge in [-0.05, 0) is 31.7 Å². The van der Waals surface area contributed by atoms with E-state index < -0.39 is 5.82 Å². The summed E-state index contributed by atoms with van der Waals surface area (Å²) >= 11 is 0. The highest BCUT2D eigenvalue weighted by atomic mass is 19.1. The van der Waals surface area contributed by atoms with Crippen molar-refractivity contribution in [1.29, 1.82) is 0 Å². The number of piperidine rings is 1. The van der Waals surface area contributed by atoms with Gasteiger partial charge < -0.3 is 10.2 Å². The van der Waals surface area contributed by atoms with Crippen LogP contribution in [-0.2, 0) is 0 Å². The Hall–Kier alpha value is -1.65. The SMILES string of the molecule is CCNc1ncc(F)cc1C(=O)N1CCCC(C)C1. The summed E-state index contributed by atoms with van der Waals surface area (Å²) in [5.74, 6) is 0.360. The van der Waals surface area contributed by atoms with Crippen molar-refractivity contribution >= 4 is 11.7 Å². The van der Waals surface area contributed by atoms with E-state index >= 15 is 0 Å².